The summed E-state index contributed by atoms with van der Waals surface area (Å²) < 4.78 is 7.40. The van der Waals surface area contributed by atoms with Crippen LogP contribution in [0.25, 0.3) is 5.69 Å². The summed E-state index contributed by atoms with van der Waals surface area (Å²) in [6.07, 6.45) is 5.30. The number of hydrogen-bond acceptors (Lipinski definition) is 4. The fourth-order valence-electron chi connectivity index (χ4n) is 3.88. The second-order valence-corrected chi connectivity index (χ2v) is 7.60. The Morgan fingerprint density at radius 1 is 1.20 bits per heavy atom. The molecule has 0 radical (unpaired) electrons. The van der Waals surface area contributed by atoms with Gasteiger partial charge in [0.1, 0.15) is 6.10 Å². The number of amides is 1. The van der Waals surface area contributed by atoms with Crippen LogP contribution >= 0.6 is 0 Å². The molecule has 8 heteroatoms. The lowest BCUT2D eigenvalue weighted by Gasteiger charge is -2.37. The highest BCUT2D eigenvalue weighted by Gasteiger charge is 2.30. The van der Waals surface area contributed by atoms with Crippen LogP contribution in [0.1, 0.15) is 25.3 Å². The van der Waals surface area contributed by atoms with E-state index in [9.17, 15) is 4.79 Å². The van der Waals surface area contributed by atoms with Crippen LogP contribution in [0.5, 0.6) is 0 Å². The van der Waals surface area contributed by atoms with Gasteiger partial charge in [-0.1, -0.05) is 12.1 Å². The minimum atomic E-state index is -0.233. The van der Waals surface area contributed by atoms with E-state index in [1.807, 2.05) is 21.8 Å². The molecule has 0 aliphatic carbocycles. The number of piperazine rings is 1. The highest BCUT2D eigenvalue weighted by atomic mass is 16.5. The summed E-state index contributed by atoms with van der Waals surface area (Å²) in [6, 6.07) is 10.2. The third kappa shape index (κ3) is 4.81. The van der Waals surface area contributed by atoms with Gasteiger partial charge in [0.25, 0.3) is 5.91 Å². The van der Waals surface area contributed by atoms with E-state index >= 15 is 0 Å². The first-order chi connectivity index (χ1) is 14.7. The predicted molar refractivity (Wildman–Crippen MR) is 116 cm³/mol. The van der Waals surface area contributed by atoms with Gasteiger partial charge in [0.15, 0.2) is 5.96 Å². The van der Waals surface area contributed by atoms with Crippen molar-refractivity contribution in [3.05, 3.63) is 48.3 Å². The maximum atomic E-state index is 12.6. The van der Waals surface area contributed by atoms with Gasteiger partial charge in [0.2, 0.25) is 0 Å². The van der Waals surface area contributed by atoms with E-state index in [1.165, 1.54) is 0 Å². The molecule has 1 N–H and O–H groups in total. The van der Waals surface area contributed by atoms with Crippen LogP contribution in [-0.2, 0) is 16.1 Å². The van der Waals surface area contributed by atoms with Gasteiger partial charge in [-0.2, -0.15) is 5.10 Å². The molecular formula is C22H30N6O2. The summed E-state index contributed by atoms with van der Waals surface area (Å²) in [6.45, 7) is 7.18. The van der Waals surface area contributed by atoms with E-state index in [0.29, 0.717) is 26.2 Å². The van der Waals surface area contributed by atoms with Crippen molar-refractivity contribution in [1.29, 1.82) is 0 Å². The minimum Gasteiger partial charge on any atom is -0.368 e. The minimum absolute atomic E-state index is 0.145. The van der Waals surface area contributed by atoms with Crippen molar-refractivity contribution in [1.82, 2.24) is 24.9 Å². The Balaban J connectivity index is 1.34. The first kappa shape index (κ1) is 20.4. The summed E-state index contributed by atoms with van der Waals surface area (Å²) >= 11 is 0. The maximum Gasteiger partial charge on any atom is 0.251 e. The molecule has 0 saturated carbocycles. The van der Waals surface area contributed by atoms with E-state index in [4.69, 9.17) is 9.73 Å². The first-order valence-corrected chi connectivity index (χ1v) is 10.8. The number of hydrogen-bond donors (Lipinski definition) is 1. The molecule has 30 heavy (non-hydrogen) atoms. The highest BCUT2D eigenvalue weighted by Crippen LogP contribution is 2.16. The zero-order valence-corrected chi connectivity index (χ0v) is 17.5. The molecule has 1 unspecified atom stereocenters. The van der Waals surface area contributed by atoms with Gasteiger partial charge >= 0.3 is 0 Å². The first-order valence-electron chi connectivity index (χ1n) is 10.8. The molecule has 2 saturated heterocycles. The Hall–Kier alpha value is -2.87. The molecule has 1 amide bonds. The second-order valence-electron chi connectivity index (χ2n) is 7.60. The van der Waals surface area contributed by atoms with Crippen LogP contribution < -0.4 is 5.32 Å². The van der Waals surface area contributed by atoms with Gasteiger partial charge < -0.3 is 19.9 Å². The molecule has 1 atom stereocenters. The van der Waals surface area contributed by atoms with Crippen molar-refractivity contribution < 1.29 is 9.53 Å². The monoisotopic (exact) mass is 410 g/mol. The van der Waals surface area contributed by atoms with Crippen LogP contribution in [0.2, 0.25) is 0 Å². The number of aromatic nitrogens is 2. The number of carbonyl (C=O) groups excluding carboxylic acids is 1. The Morgan fingerprint density at radius 2 is 1.97 bits per heavy atom. The molecule has 1 aromatic carbocycles. The molecule has 0 spiro atoms. The van der Waals surface area contributed by atoms with Crippen LogP contribution in [0.15, 0.2) is 47.7 Å². The maximum absolute atomic E-state index is 12.6. The fraction of sp³-hybridized carbons (Fsp3) is 0.500. The zero-order chi connectivity index (χ0) is 20.8. The number of aliphatic imine (C=N–C) groups is 1. The molecular weight excluding hydrogens is 380 g/mol. The van der Waals surface area contributed by atoms with E-state index in [-0.39, 0.29) is 12.0 Å². The lowest BCUT2D eigenvalue weighted by atomic mass is 10.2. The van der Waals surface area contributed by atoms with Crippen LogP contribution in [0, 0.1) is 0 Å². The normalized spacial score (nSPS) is 19.9. The number of benzene rings is 1. The standard InChI is InChI=1S/C22H30N6O2/c1-2-23-22(24-17-18-6-8-19(9-7-18)28-11-4-10-25-28)27-14-12-26(13-15-27)21(29)20-5-3-16-30-20/h4,6-11,20H,2-3,5,12-17H2,1H3,(H,23,24). The largest absolute Gasteiger partial charge is 0.368 e. The topological polar surface area (TPSA) is 75.0 Å². The van der Waals surface area contributed by atoms with Gasteiger partial charge in [-0.05, 0) is 43.5 Å². The second kappa shape index (κ2) is 9.75. The predicted octanol–water partition coefficient (Wildman–Crippen LogP) is 1.66. The average Bonchev–Trinajstić information content (AvgIpc) is 3.51. The number of carbonyl (C=O) groups is 1. The molecule has 2 fully saturated rings. The van der Waals surface area contributed by atoms with Crippen molar-refractivity contribution in [2.75, 3.05) is 39.3 Å². The van der Waals surface area contributed by atoms with Gasteiger partial charge in [-0.25, -0.2) is 9.67 Å². The number of guanidine groups is 1. The van der Waals surface area contributed by atoms with E-state index in [2.05, 4.69) is 46.5 Å². The lowest BCUT2D eigenvalue weighted by molar-refractivity contribution is -0.142. The van der Waals surface area contributed by atoms with E-state index in [1.54, 1.807) is 6.20 Å². The molecule has 4 rings (SSSR count). The number of nitrogens with one attached hydrogen (secondary N) is 1. The van der Waals surface area contributed by atoms with E-state index < -0.39 is 0 Å². The molecule has 160 valence electrons. The smallest absolute Gasteiger partial charge is 0.251 e. The Bertz CT molecular complexity index is 835. The Morgan fingerprint density at radius 3 is 2.60 bits per heavy atom. The quantitative estimate of drug-likeness (QED) is 0.599. The Labute approximate surface area is 177 Å². The van der Waals surface area contributed by atoms with Crippen LogP contribution in [-0.4, -0.2) is 76.9 Å². The summed E-state index contributed by atoms with van der Waals surface area (Å²) in [5.74, 6) is 1.05. The number of ether oxygens (including phenoxy) is 1. The molecule has 0 bridgehead atoms. The lowest BCUT2D eigenvalue weighted by Crippen LogP contribution is -2.55. The fourth-order valence-corrected chi connectivity index (χ4v) is 3.88. The average molecular weight is 411 g/mol. The molecule has 8 nitrogen and oxygen atoms in total. The molecule has 2 aliphatic rings. The van der Waals surface area contributed by atoms with Gasteiger partial charge in [-0.3, -0.25) is 4.79 Å². The van der Waals surface area contributed by atoms with Crippen molar-refractivity contribution in [3.63, 3.8) is 0 Å². The van der Waals surface area contributed by atoms with Crippen molar-refractivity contribution in [3.8, 4) is 5.69 Å². The van der Waals surface area contributed by atoms with Gasteiger partial charge in [0.05, 0.1) is 12.2 Å². The summed E-state index contributed by atoms with van der Waals surface area (Å²) in [4.78, 5) is 21.6. The molecule has 2 aromatic rings. The zero-order valence-electron chi connectivity index (χ0n) is 17.5. The third-order valence-electron chi connectivity index (χ3n) is 5.55. The molecule has 2 aliphatic heterocycles. The molecule has 1 aromatic heterocycles. The summed E-state index contributed by atoms with van der Waals surface area (Å²) in [5, 5.41) is 7.65. The van der Waals surface area contributed by atoms with Crippen molar-refractivity contribution in [2.45, 2.75) is 32.4 Å². The van der Waals surface area contributed by atoms with Gasteiger partial charge in [-0.15, -0.1) is 0 Å². The van der Waals surface area contributed by atoms with Crippen LogP contribution in [0.4, 0.5) is 0 Å². The Kier molecular flexibility index (Phi) is 6.63. The third-order valence-corrected chi connectivity index (χ3v) is 5.55. The van der Waals surface area contributed by atoms with Crippen molar-refractivity contribution in [2.24, 2.45) is 4.99 Å². The number of rotatable bonds is 5. The SMILES string of the molecule is CCNC(=NCc1ccc(-n2cccn2)cc1)N1CCN(C(=O)C2CCCO2)CC1. The summed E-state index contributed by atoms with van der Waals surface area (Å²) in [7, 11) is 0. The number of nitrogens with zero attached hydrogens (tertiary/aromatic N) is 5. The van der Waals surface area contributed by atoms with E-state index in [0.717, 1.165) is 49.7 Å². The van der Waals surface area contributed by atoms with Crippen molar-refractivity contribution >= 4 is 11.9 Å². The van der Waals surface area contributed by atoms with Gasteiger partial charge in [0, 0.05) is 51.7 Å². The van der Waals surface area contributed by atoms with Crippen LogP contribution in [0.3, 0.4) is 0 Å². The summed E-state index contributed by atoms with van der Waals surface area (Å²) in [5.41, 5.74) is 2.18. The molecule has 3 heterocycles. The highest BCUT2D eigenvalue weighted by molar-refractivity contribution is 5.82.